The Morgan fingerprint density at radius 1 is 0.692 bits per heavy atom. The summed E-state index contributed by atoms with van der Waals surface area (Å²) in [5.41, 5.74) is -2.66. The van der Waals surface area contributed by atoms with Crippen molar-refractivity contribution in [3.05, 3.63) is 0 Å². The number of aliphatic hydroxyl groups is 12. The van der Waals surface area contributed by atoms with Crippen molar-refractivity contribution < 1.29 is 89.7 Å². The highest BCUT2D eigenvalue weighted by molar-refractivity contribution is 5.31. The molecule has 65 heavy (non-hydrogen) atoms. The standard InChI is InChI=1S/C47H80O18/c1-21(8-11-28(50)42(3,4)59)30-24(63-41-38(58)35(55)33(53)25(64-41)18-61-39-37(57)34(54)31(51)22(2)62-39)16-45(7)27-10-9-26-43(5,20-48)29(65-40-36(56)32(52)23(49)17-60-40)12-13-46(26)19-47(27,46)15-14-44(30,45)6/h21-41,48-59H,8-20H2,1-7H3/t21?,22-,23-,24-,25+,26-,27-,28-,29-,30?,31-,32-,33+,34+,35-,36+,37+,38+,39+,40-,41+,43+,44+,45-,46+,47-/m0/s1. The van der Waals surface area contributed by atoms with Gasteiger partial charge in [-0.15, -0.1) is 0 Å². The van der Waals surface area contributed by atoms with Gasteiger partial charge < -0.3 is 89.7 Å². The number of hydrogen-bond donors (Lipinski definition) is 12. The zero-order valence-electron chi connectivity index (χ0n) is 39.1. The SMILES string of the molecule is CC(CC[C@H](O)C(C)(C)O)C1[C@@H](O[C@@H]2O[C@H](CO[C@@H]3O[C@@H](C)[C@H](O)[C@@H](O)[C@H]3O)[C@@H](O)[C@H](O)[C@H]2O)C[C@@]2(C)[C@@H]3CC[C@H]4[C@@](C)(CO)[C@@H](O[C@@H]5OC[C@H](O)[C@H](O)[C@H]5O)CC[C@@]45C[C@@]35CC[C@]12C. The molecule has 5 aliphatic carbocycles. The van der Waals surface area contributed by atoms with Crippen LogP contribution in [0, 0.1) is 50.7 Å². The lowest BCUT2D eigenvalue weighted by molar-refractivity contribution is -0.335. The Morgan fingerprint density at radius 2 is 1.32 bits per heavy atom. The van der Waals surface area contributed by atoms with Gasteiger partial charge >= 0.3 is 0 Å². The van der Waals surface area contributed by atoms with Crippen LogP contribution < -0.4 is 0 Å². The van der Waals surface area contributed by atoms with Crippen LogP contribution in [-0.4, -0.2) is 191 Å². The van der Waals surface area contributed by atoms with Crippen LogP contribution in [0.25, 0.3) is 0 Å². The second kappa shape index (κ2) is 17.8. The molecule has 18 heteroatoms. The fourth-order valence-corrected chi connectivity index (χ4v) is 15.5. The van der Waals surface area contributed by atoms with Crippen LogP contribution in [0.3, 0.4) is 0 Å². The summed E-state index contributed by atoms with van der Waals surface area (Å²) in [6.07, 6.45) is -13.9. The fraction of sp³-hybridized carbons (Fsp3) is 1.00. The first-order chi connectivity index (χ1) is 30.3. The van der Waals surface area contributed by atoms with Gasteiger partial charge in [0.05, 0.1) is 49.8 Å². The summed E-state index contributed by atoms with van der Waals surface area (Å²) in [7, 11) is 0. The molecular weight excluding hydrogens is 852 g/mol. The normalized spacial score (nSPS) is 55.3. The molecule has 5 saturated carbocycles. The van der Waals surface area contributed by atoms with Crippen molar-refractivity contribution in [3.63, 3.8) is 0 Å². The van der Waals surface area contributed by atoms with Gasteiger partial charge in [-0.05, 0) is 130 Å². The van der Waals surface area contributed by atoms with E-state index in [0.29, 0.717) is 25.7 Å². The van der Waals surface area contributed by atoms with Gasteiger partial charge in [-0.25, -0.2) is 0 Å². The molecule has 18 nitrogen and oxygen atoms in total. The molecular formula is C47H80O18. The van der Waals surface area contributed by atoms with Crippen LogP contribution in [0.1, 0.15) is 113 Å². The van der Waals surface area contributed by atoms with Crippen molar-refractivity contribution in [2.45, 2.75) is 223 Å². The lowest BCUT2D eigenvalue weighted by Gasteiger charge is -2.63. The fourth-order valence-electron chi connectivity index (χ4n) is 15.5. The first-order valence-electron chi connectivity index (χ1n) is 24.3. The molecule has 0 aromatic rings. The third-order valence-electron chi connectivity index (χ3n) is 19.5. The zero-order valence-corrected chi connectivity index (χ0v) is 39.1. The maximum absolute atomic E-state index is 11.5. The third kappa shape index (κ3) is 8.01. The van der Waals surface area contributed by atoms with Crippen molar-refractivity contribution in [2.75, 3.05) is 19.8 Å². The third-order valence-corrected chi connectivity index (χ3v) is 19.5. The molecule has 0 radical (unpaired) electrons. The van der Waals surface area contributed by atoms with E-state index in [9.17, 15) is 61.3 Å². The summed E-state index contributed by atoms with van der Waals surface area (Å²) in [5.74, 6) is 0.220. The topological polar surface area (TPSA) is 298 Å². The van der Waals surface area contributed by atoms with Gasteiger partial charge in [0.25, 0.3) is 0 Å². The Morgan fingerprint density at radius 3 is 2.00 bits per heavy atom. The number of fused-ring (bicyclic) bond motifs is 2. The molecule has 0 amide bonds. The highest BCUT2D eigenvalue weighted by Gasteiger charge is 2.83. The van der Waals surface area contributed by atoms with E-state index in [-0.39, 0.29) is 58.5 Å². The molecule has 3 aliphatic heterocycles. The Balaban J connectivity index is 1.04. The number of hydrogen-bond acceptors (Lipinski definition) is 18. The average Bonchev–Trinajstić information content (AvgIpc) is 3.86. The summed E-state index contributed by atoms with van der Waals surface area (Å²) in [4.78, 5) is 0. The summed E-state index contributed by atoms with van der Waals surface area (Å²) >= 11 is 0. The van der Waals surface area contributed by atoms with E-state index >= 15 is 0 Å². The molecule has 0 aromatic carbocycles. The molecule has 26 atom stereocenters. The molecule has 0 aromatic heterocycles. The van der Waals surface area contributed by atoms with Crippen LogP contribution in [0.15, 0.2) is 0 Å². The van der Waals surface area contributed by atoms with Gasteiger partial charge in [0.1, 0.15) is 61.0 Å². The van der Waals surface area contributed by atoms with Crippen LogP contribution in [0.4, 0.5) is 0 Å². The minimum atomic E-state index is -1.69. The average molecular weight is 933 g/mol. The summed E-state index contributed by atoms with van der Waals surface area (Å²) in [5, 5.41) is 129. The number of aliphatic hydroxyl groups excluding tert-OH is 11. The van der Waals surface area contributed by atoms with Crippen LogP contribution in [-0.2, 0) is 28.4 Å². The maximum Gasteiger partial charge on any atom is 0.186 e. The van der Waals surface area contributed by atoms with Crippen LogP contribution in [0.2, 0.25) is 0 Å². The molecule has 12 N–H and O–H groups in total. The predicted octanol–water partition coefficient (Wildman–Crippen LogP) is -0.583. The molecule has 8 fully saturated rings. The molecule has 0 bridgehead atoms. The minimum absolute atomic E-state index is 0.0248. The van der Waals surface area contributed by atoms with Gasteiger partial charge in [0.15, 0.2) is 18.9 Å². The summed E-state index contributed by atoms with van der Waals surface area (Å²) in [6, 6.07) is 0. The smallest absolute Gasteiger partial charge is 0.186 e. The second-order valence-corrected chi connectivity index (χ2v) is 23.2. The molecule has 376 valence electrons. The summed E-state index contributed by atoms with van der Waals surface area (Å²) in [6.45, 7) is 12.9. The van der Waals surface area contributed by atoms with E-state index in [2.05, 4.69) is 27.7 Å². The Hall–Kier alpha value is -0.720. The van der Waals surface area contributed by atoms with Gasteiger partial charge in [-0.1, -0.05) is 27.7 Å². The van der Waals surface area contributed by atoms with Crippen molar-refractivity contribution in [2.24, 2.45) is 50.7 Å². The molecule has 2 spiro atoms. The van der Waals surface area contributed by atoms with Gasteiger partial charge in [0.2, 0.25) is 0 Å². The number of rotatable bonds is 13. The van der Waals surface area contributed by atoms with E-state index in [1.54, 1.807) is 13.8 Å². The van der Waals surface area contributed by atoms with Gasteiger partial charge in [-0.3, -0.25) is 0 Å². The lowest BCUT2D eigenvalue weighted by Crippen LogP contribution is -2.61. The highest BCUT2D eigenvalue weighted by atomic mass is 16.7. The molecule has 3 saturated heterocycles. The molecule has 2 unspecified atom stereocenters. The van der Waals surface area contributed by atoms with Crippen molar-refractivity contribution in [1.29, 1.82) is 0 Å². The van der Waals surface area contributed by atoms with Gasteiger partial charge in [0, 0.05) is 5.41 Å². The highest BCUT2D eigenvalue weighted by Crippen LogP contribution is 2.89. The predicted molar refractivity (Wildman–Crippen MR) is 227 cm³/mol. The lowest BCUT2D eigenvalue weighted by atomic mass is 9.41. The maximum atomic E-state index is 11.5. The van der Waals surface area contributed by atoms with Crippen molar-refractivity contribution in [1.82, 2.24) is 0 Å². The monoisotopic (exact) mass is 933 g/mol. The molecule has 3 heterocycles. The zero-order chi connectivity index (χ0) is 47.6. The Kier molecular flexibility index (Phi) is 13.9. The summed E-state index contributed by atoms with van der Waals surface area (Å²) < 4.78 is 36.6. The second-order valence-electron chi connectivity index (χ2n) is 23.2. The van der Waals surface area contributed by atoms with E-state index < -0.39 is 122 Å². The van der Waals surface area contributed by atoms with E-state index in [4.69, 9.17) is 28.4 Å². The van der Waals surface area contributed by atoms with Gasteiger partial charge in [-0.2, -0.15) is 0 Å². The minimum Gasteiger partial charge on any atom is -0.396 e. The van der Waals surface area contributed by atoms with E-state index in [0.717, 1.165) is 38.5 Å². The Bertz CT molecular complexity index is 1670. The number of ether oxygens (including phenoxy) is 6. The molecule has 8 rings (SSSR count). The van der Waals surface area contributed by atoms with E-state index in [1.165, 1.54) is 6.92 Å². The molecule has 8 aliphatic rings. The largest absolute Gasteiger partial charge is 0.396 e. The van der Waals surface area contributed by atoms with Crippen molar-refractivity contribution in [3.8, 4) is 0 Å². The first-order valence-corrected chi connectivity index (χ1v) is 24.3. The van der Waals surface area contributed by atoms with Crippen LogP contribution in [0.5, 0.6) is 0 Å². The van der Waals surface area contributed by atoms with Crippen molar-refractivity contribution >= 4 is 0 Å². The van der Waals surface area contributed by atoms with Crippen LogP contribution >= 0.6 is 0 Å². The first kappa shape index (κ1) is 50.7. The quantitative estimate of drug-likeness (QED) is 0.103. The van der Waals surface area contributed by atoms with E-state index in [1.807, 2.05) is 0 Å². The Labute approximate surface area is 382 Å².